The highest BCUT2D eigenvalue weighted by molar-refractivity contribution is 7.47. The summed E-state index contributed by atoms with van der Waals surface area (Å²) in [5.41, 5.74) is 55.0. The number of phosphoric ester groups is 3. The molecule has 2 fully saturated rings. The number of azide groups is 6. The van der Waals surface area contributed by atoms with Crippen molar-refractivity contribution < 1.29 is 123 Å². The van der Waals surface area contributed by atoms with Crippen LogP contribution in [0.5, 0.6) is 0 Å². The molecule has 49 nitrogen and oxygen atoms in total. The first kappa shape index (κ1) is 99.0. The van der Waals surface area contributed by atoms with Crippen molar-refractivity contribution in [3.8, 4) is 0 Å². The maximum atomic E-state index is 11.9. The highest BCUT2D eigenvalue weighted by Gasteiger charge is 2.34. The number of aromatic carboxylic acids is 1. The first-order chi connectivity index (χ1) is 51.4. The van der Waals surface area contributed by atoms with Crippen molar-refractivity contribution in [1.82, 2.24) is 20.8 Å². The lowest BCUT2D eigenvalue weighted by molar-refractivity contribution is -0.224. The van der Waals surface area contributed by atoms with E-state index < -0.39 is 84.1 Å². The number of phosphoric acid groups is 3. The van der Waals surface area contributed by atoms with E-state index in [-0.39, 0.29) is 80.7 Å². The topological polar surface area (TPSA) is 752 Å². The molecule has 3 aromatic rings. The Balaban J connectivity index is 0. The van der Waals surface area contributed by atoms with Crippen LogP contribution in [0.2, 0.25) is 0 Å². The Bertz CT molecular complexity index is 3830. The summed E-state index contributed by atoms with van der Waals surface area (Å²) in [5, 5.41) is 41.4. The maximum Gasteiger partial charge on any atom is 0.471 e. The molecule has 2 aliphatic rings. The Morgan fingerprint density at radius 3 is 1.29 bits per heavy atom. The van der Waals surface area contributed by atoms with Crippen LogP contribution in [0.15, 0.2) is 103 Å². The highest BCUT2D eigenvalue weighted by Crippen LogP contribution is 2.42. The number of hydrogen-bond donors (Lipinski definition) is 6. The largest absolute Gasteiger partial charge is 0.756 e. The molecule has 0 radical (unpaired) electrons. The first-order valence-electron chi connectivity index (χ1n) is 31.3. The number of amides is 6. The number of nitrogens with one attached hydrogen (secondary N) is 2. The van der Waals surface area contributed by atoms with Crippen LogP contribution in [-0.2, 0) is 84.1 Å². The van der Waals surface area contributed by atoms with Gasteiger partial charge in [-0.15, -0.1) is 10.1 Å². The van der Waals surface area contributed by atoms with E-state index >= 15 is 0 Å². The van der Waals surface area contributed by atoms with Gasteiger partial charge in [0, 0.05) is 112 Å². The van der Waals surface area contributed by atoms with E-state index in [4.69, 9.17) is 63.4 Å². The van der Waals surface area contributed by atoms with Crippen LogP contribution < -0.4 is 26.2 Å². The zero-order valence-corrected chi connectivity index (χ0v) is 60.9. The van der Waals surface area contributed by atoms with Crippen LogP contribution >= 0.6 is 23.5 Å². The van der Waals surface area contributed by atoms with Gasteiger partial charge in [-0.2, -0.15) is 0 Å². The van der Waals surface area contributed by atoms with Gasteiger partial charge in [-0.25, -0.2) is 18.9 Å². The normalized spacial score (nSPS) is 13.0. The van der Waals surface area contributed by atoms with Gasteiger partial charge >= 0.3 is 31.7 Å². The smallest absolute Gasteiger partial charge is 0.471 e. The van der Waals surface area contributed by atoms with Crippen LogP contribution in [0.25, 0.3) is 62.7 Å². The van der Waals surface area contributed by atoms with Gasteiger partial charge in [0.25, 0.3) is 45.2 Å². The van der Waals surface area contributed by atoms with Crippen LogP contribution in [0.3, 0.4) is 0 Å². The predicted octanol–water partition coefficient (Wildman–Crippen LogP) is 9.88. The van der Waals surface area contributed by atoms with Crippen molar-refractivity contribution in [3.05, 3.63) is 152 Å². The van der Waals surface area contributed by atoms with Crippen molar-refractivity contribution in [2.45, 2.75) is 103 Å². The van der Waals surface area contributed by atoms with Crippen LogP contribution in [0.1, 0.15) is 134 Å². The van der Waals surface area contributed by atoms with E-state index in [1.165, 1.54) is 54.6 Å². The van der Waals surface area contributed by atoms with Gasteiger partial charge in [-0.3, -0.25) is 51.7 Å². The lowest BCUT2D eigenvalue weighted by Crippen LogP contribution is -2.32. The second kappa shape index (κ2) is 60.1. The number of hydroxylamine groups is 4. The van der Waals surface area contributed by atoms with Gasteiger partial charge in [0.15, 0.2) is 0 Å². The number of unbranched alkanes of at least 4 members (excludes halogenated alkanes) is 9. The van der Waals surface area contributed by atoms with Gasteiger partial charge in [0.1, 0.15) is 19.6 Å². The second-order valence-electron chi connectivity index (χ2n) is 20.1. The molecule has 3 unspecified atom stereocenters. The molecule has 6 amide bonds. The molecule has 52 heteroatoms. The number of carbonyl (C=O) groups is 10. The standard InChI is InChI=1S/C14H21N4O5P.C11H8N4O4.C9H19N4O5P.C7H5N3O2.C7H18NO4P.C6H6N4O4.C2H3N3O2/c1-22-24(20,21)23-10-5-3-2-4-9-16-14(19)12-7-6-8-13(11-12)17-18-15;12-14-13-8-3-1-2-7(6-8)11(18)19-15-9(16)4-5-10(15)17;1-17-19(15,16)18-7-5-3-2-4-6-11-9(14)8-12-13-10;8-10-9-6-3-1-2-5(4-6)7(11)12;1-11-13(9,10)12-7-5-3-2-4-6-8;7-9-8-3-6(13)14-10-4(11)1-2-5(10)12;3-5-4-1-2(6)7/h6-8,11H,2-5,9-10H2,1H3,(H,16,19)(H,20,21);1-3,6H,4-5H2;2-8H2,1H3,(H,11,14)(H,15,16);1-4H,(H,11,12);2-8H2,1H3,(H,9,10);1-3H2;1H2,(H,6,7)/p-2. The number of imide groups is 2. The monoisotopic (exact) mass is 1580 g/mol. The number of benzene rings is 3. The van der Waals surface area contributed by atoms with Crippen LogP contribution in [0.4, 0.5) is 17.1 Å². The number of hydrogen-bond acceptors (Lipinski definition) is 30. The average Bonchev–Trinajstić information content (AvgIpc) is 1.65. The number of carboxylic acid groups (broad SMARTS) is 2. The summed E-state index contributed by atoms with van der Waals surface area (Å²) in [7, 11) is -8.74. The van der Waals surface area contributed by atoms with Gasteiger partial charge in [-0.05, 0) is 115 Å². The quantitative estimate of drug-likeness (QED) is 0.00769. The third-order valence-electron chi connectivity index (χ3n) is 12.2. The Morgan fingerprint density at radius 2 is 0.880 bits per heavy atom. The van der Waals surface area contributed by atoms with Gasteiger partial charge in [0.05, 0.1) is 30.9 Å². The number of nitrogens with two attached hydrogens (primary N) is 1. The van der Waals surface area contributed by atoms with Gasteiger partial charge in [0.2, 0.25) is 5.91 Å². The van der Waals surface area contributed by atoms with Crippen LogP contribution in [0, 0.1) is 0 Å². The SMILES string of the molecule is COP(=O)(O)OCCCCCCNC(=O)c1cccc(N=[N+]=[N-])c1.COP(=O)([O-])OCCCCCCN.COP(=O)([O-])OCCCCCCNC(=O)CN=[N+]=[N-].[N-]=[N+]=NCC(=O)O.[N-]=[N+]=NCC(=O)ON1C(=O)CCC1=O.[N-]=[N+]=Nc1cccc(C(=O)O)c1.[N-]=[N+]=Nc1cccc(C(=O)ON2C(=O)CCC2=O)c1. The molecular weight excluding hydrogens is 1500 g/mol. The summed E-state index contributed by atoms with van der Waals surface area (Å²) < 4.78 is 58.8. The Morgan fingerprint density at radius 1 is 0.500 bits per heavy atom. The maximum absolute atomic E-state index is 11.9. The molecule has 2 heterocycles. The predicted molar refractivity (Wildman–Crippen MR) is 370 cm³/mol. The molecule has 3 aromatic carbocycles. The molecular formula is C56H78N23O26P3-2. The fourth-order valence-electron chi connectivity index (χ4n) is 7.16. The summed E-state index contributed by atoms with van der Waals surface area (Å²) in [6, 6.07) is 17.9. The molecule has 7 N–H and O–H groups in total. The molecule has 0 aromatic heterocycles. The molecule has 590 valence electrons. The van der Waals surface area contributed by atoms with E-state index in [1.807, 2.05) is 0 Å². The summed E-state index contributed by atoms with van der Waals surface area (Å²) in [5.74, 6) is -6.72. The Labute approximate surface area is 613 Å². The van der Waals surface area contributed by atoms with E-state index in [9.17, 15) is 71.4 Å². The number of rotatable bonds is 40. The molecule has 0 aliphatic carbocycles. The summed E-state index contributed by atoms with van der Waals surface area (Å²) in [6.45, 7) is 0.918. The molecule has 5 rings (SSSR count). The average molecular weight is 1580 g/mol. The minimum Gasteiger partial charge on any atom is -0.756 e. The third kappa shape index (κ3) is 51.2. The van der Waals surface area contributed by atoms with Crippen molar-refractivity contribution in [2.24, 2.45) is 36.4 Å². The Hall–Kier alpha value is -11.1. The lowest BCUT2D eigenvalue weighted by Gasteiger charge is -2.19. The van der Waals surface area contributed by atoms with Crippen molar-refractivity contribution >= 4 is 99.9 Å². The lowest BCUT2D eigenvalue weighted by atomic mass is 10.1. The van der Waals surface area contributed by atoms with Crippen LogP contribution in [-0.4, -0.2) is 165 Å². The highest BCUT2D eigenvalue weighted by atomic mass is 31.2. The van der Waals surface area contributed by atoms with E-state index in [1.54, 1.807) is 18.2 Å². The van der Waals surface area contributed by atoms with Gasteiger partial charge < -0.3 is 69.0 Å². The molecule has 0 bridgehead atoms. The second-order valence-corrected chi connectivity index (χ2v) is 24.7. The molecule has 2 saturated heterocycles. The zero-order valence-electron chi connectivity index (χ0n) is 58.2. The zero-order chi connectivity index (χ0) is 81.6. The van der Waals surface area contributed by atoms with E-state index in [0.717, 1.165) is 85.5 Å². The van der Waals surface area contributed by atoms with Crippen molar-refractivity contribution in [1.29, 1.82) is 0 Å². The molecule has 108 heavy (non-hydrogen) atoms. The minimum absolute atomic E-state index is 0.0326. The number of carboxylic acids is 2. The molecule has 2 aliphatic heterocycles. The molecule has 3 atom stereocenters. The summed E-state index contributed by atoms with van der Waals surface area (Å²) >= 11 is 0. The number of aliphatic carboxylic acids is 1. The fraction of sp³-hybridized carbons (Fsp3) is 0.500. The van der Waals surface area contributed by atoms with E-state index in [0.29, 0.717) is 59.5 Å². The number of nitrogens with zero attached hydrogens (tertiary/aromatic N) is 20. The Kier molecular flexibility index (Phi) is 55.1. The number of carbonyl (C=O) groups excluding carboxylic acids is 8. The van der Waals surface area contributed by atoms with Crippen molar-refractivity contribution in [3.63, 3.8) is 0 Å². The molecule has 0 spiro atoms. The summed E-state index contributed by atoms with van der Waals surface area (Å²) in [6.07, 6.45) is 9.83. The third-order valence-corrected chi connectivity index (χ3v) is 15.1. The van der Waals surface area contributed by atoms with E-state index in [2.05, 4.69) is 98.2 Å². The molecule has 0 saturated carbocycles. The van der Waals surface area contributed by atoms with Gasteiger partial charge in [-0.1, -0.05) is 106 Å². The van der Waals surface area contributed by atoms with Crippen molar-refractivity contribution in [2.75, 3.05) is 80.4 Å². The summed E-state index contributed by atoms with van der Waals surface area (Å²) in [4.78, 5) is 164. The first-order valence-corrected chi connectivity index (χ1v) is 35.7. The minimum atomic E-state index is -4.11. The fourth-order valence-corrected chi connectivity index (χ4v) is 8.54.